The van der Waals surface area contributed by atoms with Crippen LogP contribution in [0.3, 0.4) is 0 Å². The van der Waals surface area contributed by atoms with Crippen LogP contribution in [0, 0.1) is 13.8 Å². The Morgan fingerprint density at radius 2 is 1.90 bits per heavy atom. The molecule has 0 unspecified atom stereocenters. The van der Waals surface area contributed by atoms with E-state index in [0.717, 1.165) is 22.4 Å². The van der Waals surface area contributed by atoms with Gasteiger partial charge in [0, 0.05) is 6.54 Å². The van der Waals surface area contributed by atoms with Gasteiger partial charge in [-0.05, 0) is 36.6 Å². The molecule has 0 aliphatic heterocycles. The quantitative estimate of drug-likeness (QED) is 0.468. The first kappa shape index (κ1) is 19.8. The number of aliphatic hydroxyl groups is 1. The zero-order valence-corrected chi connectivity index (χ0v) is 17.1. The molecule has 2 N–H and O–H groups in total. The van der Waals surface area contributed by atoms with Gasteiger partial charge in [0.15, 0.2) is 11.5 Å². The number of hydrogen-bond donors (Lipinski definition) is 2. The number of aromatic nitrogens is 4. The summed E-state index contributed by atoms with van der Waals surface area (Å²) in [5, 5.41) is 13.8. The third-order valence-electron chi connectivity index (χ3n) is 4.89. The maximum absolute atomic E-state index is 10.5. The fourth-order valence-electron chi connectivity index (χ4n) is 3.25. The highest BCUT2D eigenvalue weighted by molar-refractivity contribution is 5.82. The number of fused-ring (bicyclic) bond motifs is 1. The van der Waals surface area contributed by atoms with Gasteiger partial charge < -0.3 is 19.7 Å². The molecule has 0 spiro atoms. The molecule has 0 saturated carbocycles. The van der Waals surface area contributed by atoms with Crippen molar-refractivity contribution < 1.29 is 9.84 Å². The number of rotatable bonds is 8. The van der Waals surface area contributed by atoms with Crippen molar-refractivity contribution in [2.45, 2.75) is 33.0 Å². The number of aryl methyl sites for hydroxylation is 2. The summed E-state index contributed by atoms with van der Waals surface area (Å²) in [5.74, 6) is 1.46. The molecule has 2 heterocycles. The predicted octanol–water partition coefficient (Wildman–Crippen LogP) is 3.50. The van der Waals surface area contributed by atoms with Crippen LogP contribution in [0.25, 0.3) is 11.2 Å². The number of benzene rings is 2. The van der Waals surface area contributed by atoms with Gasteiger partial charge in [-0.25, -0.2) is 15.0 Å². The second-order valence-electron chi connectivity index (χ2n) is 7.36. The van der Waals surface area contributed by atoms with Crippen molar-refractivity contribution in [3.63, 3.8) is 0 Å². The number of anilines is 1. The average molecular weight is 403 g/mol. The molecule has 0 bridgehead atoms. The number of aliphatic hydroxyl groups excluding tert-OH is 1. The van der Waals surface area contributed by atoms with Crippen LogP contribution in [0.4, 0.5) is 5.82 Å². The van der Waals surface area contributed by atoms with E-state index in [9.17, 15) is 5.11 Å². The van der Waals surface area contributed by atoms with Crippen LogP contribution in [0.5, 0.6) is 5.75 Å². The minimum atomic E-state index is -0.696. The summed E-state index contributed by atoms with van der Waals surface area (Å²) >= 11 is 0. The van der Waals surface area contributed by atoms with Gasteiger partial charge >= 0.3 is 0 Å². The molecular formula is C23H25N5O2. The zero-order chi connectivity index (χ0) is 20.9. The Kier molecular flexibility index (Phi) is 5.90. The van der Waals surface area contributed by atoms with Crippen molar-refractivity contribution in [2.24, 2.45) is 0 Å². The lowest BCUT2D eigenvalue weighted by atomic mass is 10.1. The monoisotopic (exact) mass is 403 g/mol. The second kappa shape index (κ2) is 8.92. The van der Waals surface area contributed by atoms with Crippen molar-refractivity contribution in [2.75, 3.05) is 11.9 Å². The summed E-state index contributed by atoms with van der Waals surface area (Å²) in [7, 11) is 0. The predicted molar refractivity (Wildman–Crippen MR) is 117 cm³/mol. The van der Waals surface area contributed by atoms with Gasteiger partial charge in [-0.2, -0.15) is 0 Å². The maximum atomic E-state index is 10.5. The lowest BCUT2D eigenvalue weighted by Gasteiger charge is -2.15. The standard InChI is InChI=1S/C23H25N5O2/c1-16-8-9-17(2)20(10-16)30-13-19(29)12-28-15-27-21-22(25-14-26-23(21)28)24-11-18-6-4-3-5-7-18/h3-10,14-15,19,29H,11-13H2,1-2H3,(H,24,25,26)/t19-/m0/s1. The van der Waals surface area contributed by atoms with E-state index < -0.39 is 6.10 Å². The molecule has 154 valence electrons. The summed E-state index contributed by atoms with van der Waals surface area (Å²) in [6.45, 7) is 5.17. The average Bonchev–Trinajstić information content (AvgIpc) is 3.17. The summed E-state index contributed by atoms with van der Waals surface area (Å²) < 4.78 is 7.64. The van der Waals surface area contributed by atoms with Crippen molar-refractivity contribution in [1.29, 1.82) is 0 Å². The van der Waals surface area contributed by atoms with Crippen LogP contribution in [0.2, 0.25) is 0 Å². The van der Waals surface area contributed by atoms with E-state index >= 15 is 0 Å². The molecule has 7 nitrogen and oxygen atoms in total. The van der Waals surface area contributed by atoms with Crippen molar-refractivity contribution in [3.8, 4) is 5.75 Å². The summed E-state index contributed by atoms with van der Waals surface area (Å²) in [6, 6.07) is 16.1. The normalized spacial score (nSPS) is 12.1. The van der Waals surface area contributed by atoms with Crippen molar-refractivity contribution in [3.05, 3.63) is 77.9 Å². The third kappa shape index (κ3) is 4.58. The smallest absolute Gasteiger partial charge is 0.165 e. The summed E-state index contributed by atoms with van der Waals surface area (Å²) in [4.78, 5) is 13.1. The first-order chi connectivity index (χ1) is 14.6. The molecule has 4 rings (SSSR count). The Balaban J connectivity index is 1.42. The first-order valence-electron chi connectivity index (χ1n) is 9.92. The van der Waals surface area contributed by atoms with E-state index in [-0.39, 0.29) is 6.61 Å². The highest BCUT2D eigenvalue weighted by Gasteiger charge is 2.14. The third-order valence-corrected chi connectivity index (χ3v) is 4.89. The van der Waals surface area contributed by atoms with Crippen molar-refractivity contribution >= 4 is 17.0 Å². The fourth-order valence-corrected chi connectivity index (χ4v) is 3.25. The number of nitrogens with one attached hydrogen (secondary N) is 1. The first-order valence-corrected chi connectivity index (χ1v) is 9.92. The number of nitrogens with zero attached hydrogens (tertiary/aromatic N) is 4. The minimum Gasteiger partial charge on any atom is -0.491 e. The van der Waals surface area contributed by atoms with Crippen LogP contribution >= 0.6 is 0 Å². The van der Waals surface area contributed by atoms with Crippen LogP contribution in [-0.2, 0) is 13.1 Å². The number of hydrogen-bond acceptors (Lipinski definition) is 6. The Bertz CT molecular complexity index is 1130. The second-order valence-corrected chi connectivity index (χ2v) is 7.36. The molecule has 1 atom stereocenters. The molecule has 30 heavy (non-hydrogen) atoms. The van der Waals surface area contributed by atoms with E-state index in [1.165, 1.54) is 6.33 Å². The van der Waals surface area contributed by atoms with Gasteiger partial charge in [-0.1, -0.05) is 42.5 Å². The Morgan fingerprint density at radius 1 is 1.07 bits per heavy atom. The highest BCUT2D eigenvalue weighted by atomic mass is 16.5. The Labute approximate surface area is 175 Å². The van der Waals surface area contributed by atoms with E-state index in [2.05, 4.69) is 32.4 Å². The van der Waals surface area contributed by atoms with E-state index in [4.69, 9.17) is 4.74 Å². The SMILES string of the molecule is Cc1ccc(C)c(OC[C@@H](O)Cn2cnc3c(NCc4ccccc4)ncnc32)c1. The molecule has 0 aliphatic rings. The molecule has 0 saturated heterocycles. The molecule has 0 aliphatic carbocycles. The summed E-state index contributed by atoms with van der Waals surface area (Å²) in [6.07, 6.45) is 2.49. The fraction of sp³-hybridized carbons (Fsp3) is 0.261. The molecule has 2 aromatic heterocycles. The van der Waals surface area contributed by atoms with E-state index in [1.54, 1.807) is 6.33 Å². The van der Waals surface area contributed by atoms with E-state index in [1.807, 2.05) is 54.8 Å². The van der Waals surface area contributed by atoms with Gasteiger partial charge in [0.2, 0.25) is 0 Å². The molecular weight excluding hydrogens is 378 g/mol. The molecule has 0 amide bonds. The van der Waals surface area contributed by atoms with Gasteiger partial charge in [0.05, 0.1) is 12.9 Å². The zero-order valence-electron chi connectivity index (χ0n) is 17.1. The van der Waals surface area contributed by atoms with Gasteiger partial charge in [-0.15, -0.1) is 0 Å². The largest absolute Gasteiger partial charge is 0.491 e. The maximum Gasteiger partial charge on any atom is 0.165 e. The number of ether oxygens (including phenoxy) is 1. The van der Waals surface area contributed by atoms with Crippen LogP contribution in [0.15, 0.2) is 61.2 Å². The lowest BCUT2D eigenvalue weighted by Crippen LogP contribution is -2.23. The molecule has 2 aromatic carbocycles. The van der Waals surface area contributed by atoms with Crippen molar-refractivity contribution in [1.82, 2.24) is 19.5 Å². The number of imidazole rings is 1. The minimum absolute atomic E-state index is 0.189. The van der Waals surface area contributed by atoms with Gasteiger partial charge in [-0.3, -0.25) is 0 Å². The van der Waals surface area contributed by atoms with Gasteiger partial charge in [0.1, 0.15) is 30.3 Å². The highest BCUT2D eigenvalue weighted by Crippen LogP contribution is 2.21. The lowest BCUT2D eigenvalue weighted by molar-refractivity contribution is 0.0929. The van der Waals surface area contributed by atoms with Gasteiger partial charge in [0.25, 0.3) is 0 Å². The topological polar surface area (TPSA) is 85.1 Å². The van der Waals surface area contributed by atoms with Crippen LogP contribution in [0.1, 0.15) is 16.7 Å². The molecule has 4 aromatic rings. The molecule has 0 radical (unpaired) electrons. The van der Waals surface area contributed by atoms with E-state index in [0.29, 0.717) is 30.1 Å². The van der Waals surface area contributed by atoms with Crippen LogP contribution in [-0.4, -0.2) is 37.3 Å². The Morgan fingerprint density at radius 3 is 2.73 bits per heavy atom. The molecule has 7 heteroatoms. The molecule has 0 fully saturated rings. The Hall–Kier alpha value is -3.45. The summed E-state index contributed by atoms with van der Waals surface area (Å²) in [5.41, 5.74) is 4.67. The van der Waals surface area contributed by atoms with Crippen LogP contribution < -0.4 is 10.1 Å².